The normalized spacial score (nSPS) is 10.5. The molecule has 0 aliphatic heterocycles. The van der Waals surface area contributed by atoms with Gasteiger partial charge in [0.1, 0.15) is 11.5 Å². The van der Waals surface area contributed by atoms with Crippen molar-refractivity contribution in [2.45, 2.75) is 0 Å². The number of benzene rings is 3. The molecule has 0 aromatic heterocycles. The minimum Gasteiger partial charge on any atom is -0.508 e. The first-order chi connectivity index (χ1) is 11.1. The Morgan fingerprint density at radius 3 is 2.04 bits per heavy atom. The molecular weight excluding hydrogens is 292 g/mol. The van der Waals surface area contributed by atoms with Crippen molar-refractivity contribution in [2.75, 3.05) is 7.11 Å². The Hall–Kier alpha value is -3.14. The summed E-state index contributed by atoms with van der Waals surface area (Å²) in [5.41, 5.74) is 2.27. The molecule has 116 valence electrons. The molecule has 0 fully saturated rings. The van der Waals surface area contributed by atoms with E-state index in [9.17, 15) is 15.3 Å². The van der Waals surface area contributed by atoms with Gasteiger partial charge in [-0.25, -0.2) is 0 Å². The molecule has 0 amide bonds. The molecule has 0 spiro atoms. The Balaban J connectivity index is 2.23. The fraction of sp³-hybridized carbons (Fsp3) is 0.0526. The second kappa shape index (κ2) is 5.93. The van der Waals surface area contributed by atoms with Gasteiger partial charge in [0, 0.05) is 5.56 Å². The zero-order valence-corrected chi connectivity index (χ0v) is 12.5. The Bertz CT molecular complexity index is 824. The monoisotopic (exact) mass is 308 g/mol. The molecule has 4 heteroatoms. The number of hydrogen-bond donors (Lipinski definition) is 3. The minimum absolute atomic E-state index is 0.0100. The molecule has 0 aliphatic rings. The van der Waals surface area contributed by atoms with Gasteiger partial charge < -0.3 is 20.1 Å². The second-order valence-electron chi connectivity index (χ2n) is 5.11. The number of ether oxygens (including phenoxy) is 1. The summed E-state index contributed by atoms with van der Waals surface area (Å²) in [6, 6.07) is 17.1. The lowest BCUT2D eigenvalue weighted by Gasteiger charge is -2.16. The van der Waals surface area contributed by atoms with Crippen molar-refractivity contribution in [3.63, 3.8) is 0 Å². The molecular formula is C19H16O4. The van der Waals surface area contributed by atoms with Crippen LogP contribution in [-0.4, -0.2) is 22.4 Å². The number of rotatable bonds is 3. The van der Waals surface area contributed by atoms with Gasteiger partial charge in [-0.2, -0.15) is 0 Å². The largest absolute Gasteiger partial charge is 0.508 e. The molecule has 3 N–H and O–H groups in total. The lowest BCUT2D eigenvalue weighted by Crippen LogP contribution is -1.92. The van der Waals surface area contributed by atoms with Crippen LogP contribution in [0.2, 0.25) is 0 Å². The van der Waals surface area contributed by atoms with Crippen molar-refractivity contribution in [1.29, 1.82) is 0 Å². The number of aromatic hydroxyl groups is 3. The van der Waals surface area contributed by atoms with Crippen LogP contribution in [0.5, 0.6) is 23.0 Å². The minimum atomic E-state index is -0.0421. The molecule has 0 bridgehead atoms. The summed E-state index contributed by atoms with van der Waals surface area (Å²) in [7, 11) is 1.44. The summed E-state index contributed by atoms with van der Waals surface area (Å²) in [6.45, 7) is 0. The van der Waals surface area contributed by atoms with Crippen molar-refractivity contribution in [3.8, 4) is 45.3 Å². The average Bonchev–Trinajstić information content (AvgIpc) is 2.58. The van der Waals surface area contributed by atoms with E-state index in [2.05, 4.69) is 0 Å². The highest BCUT2D eigenvalue weighted by atomic mass is 16.5. The number of methoxy groups -OCH3 is 1. The topological polar surface area (TPSA) is 69.9 Å². The maximum Gasteiger partial charge on any atom is 0.172 e. The number of phenols is 3. The molecule has 3 rings (SSSR count). The number of phenolic OH excluding ortho intramolecular Hbond substituents is 3. The fourth-order valence-corrected chi connectivity index (χ4v) is 2.58. The van der Waals surface area contributed by atoms with E-state index >= 15 is 0 Å². The maximum absolute atomic E-state index is 10.6. The third-order valence-electron chi connectivity index (χ3n) is 3.68. The number of hydrogen-bond acceptors (Lipinski definition) is 4. The fourth-order valence-electron chi connectivity index (χ4n) is 2.58. The van der Waals surface area contributed by atoms with Crippen LogP contribution in [0.4, 0.5) is 0 Å². The lowest BCUT2D eigenvalue weighted by atomic mass is 9.96. The van der Waals surface area contributed by atoms with Crippen molar-refractivity contribution < 1.29 is 20.1 Å². The van der Waals surface area contributed by atoms with Gasteiger partial charge in [-0.05, 0) is 29.3 Å². The van der Waals surface area contributed by atoms with Crippen LogP contribution in [0, 0.1) is 0 Å². The summed E-state index contributed by atoms with van der Waals surface area (Å²) < 4.78 is 5.33. The van der Waals surface area contributed by atoms with Gasteiger partial charge in [-0.3, -0.25) is 0 Å². The van der Waals surface area contributed by atoms with Gasteiger partial charge in [-0.1, -0.05) is 42.5 Å². The first-order valence-electron chi connectivity index (χ1n) is 7.09. The molecule has 3 aromatic rings. The quantitative estimate of drug-likeness (QED) is 0.636. The van der Waals surface area contributed by atoms with Gasteiger partial charge in [0.25, 0.3) is 0 Å². The first kappa shape index (κ1) is 14.8. The van der Waals surface area contributed by atoms with Crippen molar-refractivity contribution in [1.82, 2.24) is 0 Å². The molecule has 0 unspecified atom stereocenters. The zero-order valence-electron chi connectivity index (χ0n) is 12.5. The molecule has 0 atom stereocenters. The molecule has 23 heavy (non-hydrogen) atoms. The van der Waals surface area contributed by atoms with Crippen LogP contribution >= 0.6 is 0 Å². The zero-order chi connectivity index (χ0) is 16.4. The highest BCUT2D eigenvalue weighted by molar-refractivity contribution is 5.87. The molecule has 0 radical (unpaired) electrons. The van der Waals surface area contributed by atoms with Gasteiger partial charge in [-0.15, -0.1) is 0 Å². The molecule has 0 saturated carbocycles. The van der Waals surface area contributed by atoms with Gasteiger partial charge >= 0.3 is 0 Å². The Morgan fingerprint density at radius 1 is 0.783 bits per heavy atom. The second-order valence-corrected chi connectivity index (χ2v) is 5.11. The SMILES string of the molecule is COc1c(O)c(-c2ccccc2)cc(O)c1-c1ccc(O)cc1. The van der Waals surface area contributed by atoms with Gasteiger partial charge in [0.15, 0.2) is 11.5 Å². The Morgan fingerprint density at radius 2 is 1.43 bits per heavy atom. The lowest BCUT2D eigenvalue weighted by molar-refractivity contribution is 0.371. The molecule has 3 aromatic carbocycles. The van der Waals surface area contributed by atoms with Crippen LogP contribution in [-0.2, 0) is 0 Å². The van der Waals surface area contributed by atoms with E-state index in [0.29, 0.717) is 16.7 Å². The average molecular weight is 308 g/mol. The molecule has 0 saturated heterocycles. The maximum atomic E-state index is 10.6. The van der Waals surface area contributed by atoms with Crippen LogP contribution in [0.3, 0.4) is 0 Å². The van der Waals surface area contributed by atoms with E-state index in [0.717, 1.165) is 5.56 Å². The van der Waals surface area contributed by atoms with E-state index < -0.39 is 0 Å². The van der Waals surface area contributed by atoms with Crippen LogP contribution in [0.1, 0.15) is 0 Å². The van der Waals surface area contributed by atoms with E-state index in [4.69, 9.17) is 4.74 Å². The van der Waals surface area contributed by atoms with Crippen LogP contribution < -0.4 is 4.74 Å². The summed E-state index contributed by atoms with van der Waals surface area (Å²) in [6.07, 6.45) is 0. The van der Waals surface area contributed by atoms with Crippen molar-refractivity contribution >= 4 is 0 Å². The van der Waals surface area contributed by atoms with E-state index in [-0.39, 0.29) is 23.0 Å². The first-order valence-corrected chi connectivity index (χ1v) is 7.09. The summed E-state index contributed by atoms with van der Waals surface area (Å²) in [5, 5.41) is 30.4. The smallest absolute Gasteiger partial charge is 0.172 e. The van der Waals surface area contributed by atoms with Crippen LogP contribution in [0.15, 0.2) is 60.7 Å². The Kier molecular flexibility index (Phi) is 3.81. The molecule has 0 heterocycles. The van der Waals surface area contributed by atoms with Gasteiger partial charge in [0.05, 0.1) is 12.7 Å². The Labute approximate surface area is 133 Å². The van der Waals surface area contributed by atoms with E-state index in [1.54, 1.807) is 12.1 Å². The predicted octanol–water partition coefficient (Wildman–Crippen LogP) is 4.15. The summed E-state index contributed by atoms with van der Waals surface area (Å²) in [4.78, 5) is 0. The third kappa shape index (κ3) is 2.66. The molecule has 0 aliphatic carbocycles. The third-order valence-corrected chi connectivity index (χ3v) is 3.68. The van der Waals surface area contributed by atoms with Crippen molar-refractivity contribution in [2.24, 2.45) is 0 Å². The highest BCUT2D eigenvalue weighted by Crippen LogP contribution is 2.49. The van der Waals surface area contributed by atoms with Crippen molar-refractivity contribution in [3.05, 3.63) is 60.7 Å². The summed E-state index contributed by atoms with van der Waals surface area (Å²) in [5.74, 6) is 0.260. The predicted molar refractivity (Wildman–Crippen MR) is 88.9 cm³/mol. The highest BCUT2D eigenvalue weighted by Gasteiger charge is 2.20. The van der Waals surface area contributed by atoms with Crippen LogP contribution in [0.25, 0.3) is 22.3 Å². The van der Waals surface area contributed by atoms with E-state index in [1.807, 2.05) is 30.3 Å². The summed E-state index contributed by atoms with van der Waals surface area (Å²) >= 11 is 0. The molecule has 4 nitrogen and oxygen atoms in total. The van der Waals surface area contributed by atoms with Gasteiger partial charge in [0.2, 0.25) is 0 Å². The standard InChI is InChI=1S/C19H16O4/c1-23-19-17(13-7-9-14(20)10-8-13)16(21)11-15(18(19)22)12-5-3-2-4-6-12/h2-11,20-22H,1H3. The van der Waals surface area contributed by atoms with E-state index in [1.165, 1.54) is 25.3 Å².